The molecule has 102 valence electrons. The Kier molecular flexibility index (Phi) is 2.91. The fourth-order valence-corrected chi connectivity index (χ4v) is 1.37. The van der Waals surface area contributed by atoms with Gasteiger partial charge in [-0.1, -0.05) is 12.1 Å². The largest absolute Gasteiger partial charge is 0.463 e. The van der Waals surface area contributed by atoms with Gasteiger partial charge < -0.3 is 5.32 Å². The molecule has 0 bridgehead atoms. The Hall–Kier alpha value is -2.19. The lowest BCUT2D eigenvalue weighted by molar-refractivity contribution is -0.267. The molecule has 2 N–H and O–H groups in total. The zero-order chi connectivity index (χ0) is 14.3. The van der Waals surface area contributed by atoms with Crippen molar-refractivity contribution < 1.29 is 26.7 Å². The van der Waals surface area contributed by atoms with Gasteiger partial charge in [-0.05, 0) is 12.1 Å². The smallest absolute Gasteiger partial charge is 0.303 e. The summed E-state index contributed by atoms with van der Waals surface area (Å²) in [6.45, 7) is 0. The van der Waals surface area contributed by atoms with Crippen molar-refractivity contribution in [2.24, 2.45) is 0 Å². The van der Waals surface area contributed by atoms with E-state index in [1.807, 2.05) is 0 Å². The topological polar surface area (TPSA) is 57.8 Å². The van der Waals surface area contributed by atoms with Crippen LogP contribution in [0.5, 0.6) is 0 Å². The number of rotatable bonds is 2. The third-order valence-corrected chi connectivity index (χ3v) is 2.34. The van der Waals surface area contributed by atoms with Gasteiger partial charge in [0, 0.05) is 5.39 Å². The number of hydrogen-bond acceptors (Lipinski definition) is 2. The minimum absolute atomic E-state index is 0.230. The van der Waals surface area contributed by atoms with Crippen molar-refractivity contribution in [3.05, 3.63) is 24.3 Å². The SMILES string of the molecule is O=C(Nc1n[nH]c2ccccc12)C(F)(F)C(F)(F)F. The second kappa shape index (κ2) is 4.18. The quantitative estimate of drug-likeness (QED) is 0.830. The summed E-state index contributed by atoms with van der Waals surface area (Å²) < 4.78 is 61.4. The Balaban J connectivity index is 2.29. The number of nitrogens with zero attached hydrogens (tertiary/aromatic N) is 1. The highest BCUT2D eigenvalue weighted by atomic mass is 19.4. The van der Waals surface area contributed by atoms with Gasteiger partial charge in [0.05, 0.1) is 5.52 Å². The van der Waals surface area contributed by atoms with Crippen LogP contribution in [0.2, 0.25) is 0 Å². The molecule has 0 saturated heterocycles. The molecule has 0 aliphatic heterocycles. The average molecular weight is 279 g/mol. The maximum absolute atomic E-state index is 12.7. The van der Waals surface area contributed by atoms with E-state index in [9.17, 15) is 26.7 Å². The van der Waals surface area contributed by atoms with Crippen molar-refractivity contribution in [1.29, 1.82) is 0 Å². The first-order valence-electron chi connectivity index (χ1n) is 4.92. The Bertz CT molecular complexity index is 619. The van der Waals surface area contributed by atoms with Crippen molar-refractivity contribution in [1.82, 2.24) is 10.2 Å². The Morgan fingerprint density at radius 3 is 2.42 bits per heavy atom. The van der Waals surface area contributed by atoms with Crippen LogP contribution in [0.3, 0.4) is 0 Å². The van der Waals surface area contributed by atoms with Crippen LogP contribution in [-0.2, 0) is 4.79 Å². The number of para-hydroxylation sites is 1. The van der Waals surface area contributed by atoms with Gasteiger partial charge in [-0.3, -0.25) is 9.89 Å². The van der Waals surface area contributed by atoms with Crippen molar-refractivity contribution in [2.45, 2.75) is 12.1 Å². The summed E-state index contributed by atoms with van der Waals surface area (Å²) in [6, 6.07) is 6.08. The second-order valence-electron chi connectivity index (χ2n) is 3.64. The van der Waals surface area contributed by atoms with E-state index < -0.39 is 18.0 Å². The molecule has 4 nitrogen and oxygen atoms in total. The third-order valence-electron chi connectivity index (χ3n) is 2.34. The molecule has 1 aromatic carbocycles. The molecule has 1 amide bonds. The number of aromatic amines is 1. The number of nitrogens with one attached hydrogen (secondary N) is 2. The second-order valence-corrected chi connectivity index (χ2v) is 3.64. The molecule has 0 radical (unpaired) electrons. The number of fused-ring (bicyclic) bond motifs is 1. The minimum Gasteiger partial charge on any atom is -0.303 e. The van der Waals surface area contributed by atoms with Crippen molar-refractivity contribution in [3.63, 3.8) is 0 Å². The normalized spacial score (nSPS) is 12.7. The van der Waals surface area contributed by atoms with Crippen molar-refractivity contribution in [3.8, 4) is 0 Å². The van der Waals surface area contributed by atoms with Gasteiger partial charge in [-0.2, -0.15) is 27.1 Å². The lowest BCUT2D eigenvalue weighted by Crippen LogP contribution is -2.47. The summed E-state index contributed by atoms with van der Waals surface area (Å²) in [6.07, 6.45) is -5.96. The highest BCUT2D eigenvalue weighted by molar-refractivity contribution is 6.02. The highest BCUT2D eigenvalue weighted by Crippen LogP contribution is 2.36. The Labute approximate surface area is 102 Å². The molecule has 19 heavy (non-hydrogen) atoms. The molecule has 0 saturated carbocycles. The van der Waals surface area contributed by atoms with Gasteiger partial charge in [-0.25, -0.2) is 0 Å². The highest BCUT2D eigenvalue weighted by Gasteiger charge is 2.63. The number of carbonyl (C=O) groups is 1. The fourth-order valence-electron chi connectivity index (χ4n) is 1.37. The van der Waals surface area contributed by atoms with Crippen LogP contribution in [0, 0.1) is 0 Å². The fraction of sp³-hybridized carbons (Fsp3) is 0.200. The van der Waals surface area contributed by atoms with Crippen molar-refractivity contribution in [2.75, 3.05) is 5.32 Å². The summed E-state index contributed by atoms with van der Waals surface area (Å²) in [5.41, 5.74) is 0.396. The maximum atomic E-state index is 12.7. The summed E-state index contributed by atoms with van der Waals surface area (Å²) in [7, 11) is 0. The van der Waals surface area contributed by atoms with E-state index in [-0.39, 0.29) is 11.2 Å². The van der Waals surface area contributed by atoms with E-state index in [2.05, 4.69) is 10.2 Å². The van der Waals surface area contributed by atoms with Gasteiger partial charge in [0.1, 0.15) is 0 Å². The number of halogens is 5. The molecule has 9 heteroatoms. The van der Waals surface area contributed by atoms with Crippen LogP contribution in [0.4, 0.5) is 27.8 Å². The van der Waals surface area contributed by atoms with E-state index in [0.29, 0.717) is 5.52 Å². The predicted octanol–water partition coefficient (Wildman–Crippen LogP) is 2.70. The molecule has 0 unspecified atom stereocenters. The zero-order valence-corrected chi connectivity index (χ0v) is 9.05. The molecule has 1 heterocycles. The zero-order valence-electron chi connectivity index (χ0n) is 9.05. The van der Waals surface area contributed by atoms with Crippen LogP contribution < -0.4 is 5.32 Å². The number of anilines is 1. The van der Waals surface area contributed by atoms with Crippen LogP contribution >= 0.6 is 0 Å². The first kappa shape index (κ1) is 13.2. The summed E-state index contributed by atoms with van der Waals surface area (Å²) in [5, 5.41) is 7.56. The van der Waals surface area contributed by atoms with E-state index in [1.54, 1.807) is 6.07 Å². The van der Waals surface area contributed by atoms with Gasteiger partial charge >= 0.3 is 18.0 Å². The molecular weight excluding hydrogens is 273 g/mol. The van der Waals surface area contributed by atoms with Crippen molar-refractivity contribution >= 4 is 22.6 Å². The number of hydrogen-bond donors (Lipinski definition) is 2. The summed E-state index contributed by atoms with van der Waals surface area (Å²) >= 11 is 0. The average Bonchev–Trinajstić information content (AvgIpc) is 2.71. The lowest BCUT2D eigenvalue weighted by Gasteiger charge is -2.17. The van der Waals surface area contributed by atoms with Crippen LogP contribution in [0.15, 0.2) is 24.3 Å². The molecule has 1 aromatic heterocycles. The van der Waals surface area contributed by atoms with Crippen LogP contribution in [0.25, 0.3) is 10.9 Å². The minimum atomic E-state index is -5.96. The number of benzene rings is 1. The van der Waals surface area contributed by atoms with E-state index in [4.69, 9.17) is 0 Å². The lowest BCUT2D eigenvalue weighted by atomic mass is 10.2. The molecule has 0 aliphatic carbocycles. The van der Waals surface area contributed by atoms with Gasteiger partial charge in [0.2, 0.25) is 0 Å². The Morgan fingerprint density at radius 2 is 1.79 bits per heavy atom. The first-order chi connectivity index (χ1) is 8.73. The number of H-pyrrole nitrogens is 1. The third kappa shape index (κ3) is 2.23. The van der Waals surface area contributed by atoms with Crippen LogP contribution in [-0.4, -0.2) is 28.2 Å². The van der Waals surface area contributed by atoms with Gasteiger partial charge in [-0.15, -0.1) is 0 Å². The molecule has 0 fully saturated rings. The molecule has 2 aromatic rings. The molecule has 0 aliphatic rings. The van der Waals surface area contributed by atoms with E-state index >= 15 is 0 Å². The number of aromatic nitrogens is 2. The van der Waals surface area contributed by atoms with Gasteiger partial charge in [0.15, 0.2) is 5.82 Å². The van der Waals surface area contributed by atoms with E-state index in [1.165, 1.54) is 23.5 Å². The molecule has 0 spiro atoms. The molecular formula is C10H6F5N3O. The van der Waals surface area contributed by atoms with Gasteiger partial charge in [0.25, 0.3) is 0 Å². The standard InChI is InChI=1S/C10H6F5N3O/c11-9(12,10(13,14)15)8(19)16-7-5-3-1-2-4-6(5)17-18-7/h1-4H,(H2,16,17,18,19). The summed E-state index contributed by atoms with van der Waals surface area (Å²) in [5.74, 6) is -8.34. The van der Waals surface area contributed by atoms with E-state index in [0.717, 1.165) is 0 Å². The predicted molar refractivity (Wildman–Crippen MR) is 55.7 cm³/mol. The number of amides is 1. The van der Waals surface area contributed by atoms with Crippen LogP contribution in [0.1, 0.15) is 0 Å². The number of alkyl halides is 5. The first-order valence-corrected chi connectivity index (χ1v) is 4.92. The maximum Gasteiger partial charge on any atom is 0.463 e. The Morgan fingerprint density at radius 1 is 1.16 bits per heavy atom. The summed E-state index contributed by atoms with van der Waals surface area (Å²) in [4.78, 5) is 11.0. The molecule has 2 rings (SSSR count). The monoisotopic (exact) mass is 279 g/mol. The molecule has 0 atom stereocenters. The number of carbonyl (C=O) groups excluding carboxylic acids is 1.